The minimum absolute atomic E-state index is 0.667. The van der Waals surface area contributed by atoms with Crippen molar-refractivity contribution in [2.24, 2.45) is 0 Å². The Bertz CT molecular complexity index is 509. The lowest BCUT2D eigenvalue weighted by atomic mass is 10.0. The average Bonchev–Trinajstić information content (AvgIpc) is 2.30. The molecule has 0 aliphatic heterocycles. The number of hydrogen-bond acceptors (Lipinski definition) is 0. The lowest BCUT2D eigenvalue weighted by Gasteiger charge is -2.03. The molecule has 0 saturated carbocycles. The van der Waals surface area contributed by atoms with Crippen LogP contribution in [0.25, 0.3) is 16.0 Å². The molecule has 2 aromatic carbocycles. The van der Waals surface area contributed by atoms with Gasteiger partial charge in [-0.2, -0.15) is 0 Å². The van der Waals surface area contributed by atoms with Gasteiger partial charge in [0.2, 0.25) is 0 Å². The molecule has 0 radical (unpaired) electrons. The van der Waals surface area contributed by atoms with Crippen molar-refractivity contribution in [2.75, 3.05) is 0 Å². The Labute approximate surface area is 93.8 Å². The number of nitrogens with zero attached hydrogens (tertiary/aromatic N) is 1. The first-order valence-electron chi connectivity index (χ1n) is 4.53. The number of halogens is 1. The molecule has 0 fully saturated rings. The Balaban J connectivity index is 2.55. The molecule has 0 heterocycles. The van der Waals surface area contributed by atoms with Crippen LogP contribution in [0.2, 0.25) is 5.02 Å². The van der Waals surface area contributed by atoms with Crippen molar-refractivity contribution >= 4 is 17.3 Å². The van der Waals surface area contributed by atoms with Crippen LogP contribution in [0.15, 0.2) is 48.5 Å². The number of rotatable bonds is 1. The van der Waals surface area contributed by atoms with Crippen molar-refractivity contribution in [1.29, 1.82) is 0 Å². The van der Waals surface area contributed by atoms with E-state index in [4.69, 9.17) is 18.2 Å². The lowest BCUT2D eigenvalue weighted by molar-refractivity contribution is 1.62. The number of hydrogen-bond donors (Lipinski definition) is 0. The van der Waals surface area contributed by atoms with Crippen LogP contribution in [-0.4, -0.2) is 0 Å². The Morgan fingerprint density at radius 2 is 1.60 bits per heavy atom. The van der Waals surface area contributed by atoms with Crippen LogP contribution in [0.3, 0.4) is 0 Å². The number of benzene rings is 2. The van der Waals surface area contributed by atoms with Crippen molar-refractivity contribution in [2.45, 2.75) is 0 Å². The van der Waals surface area contributed by atoms with E-state index < -0.39 is 0 Å². The third kappa shape index (κ3) is 2.01. The Kier molecular flexibility index (Phi) is 2.71. The highest BCUT2D eigenvalue weighted by molar-refractivity contribution is 6.30. The van der Waals surface area contributed by atoms with Crippen molar-refractivity contribution in [3.8, 4) is 11.1 Å². The van der Waals surface area contributed by atoms with Crippen molar-refractivity contribution < 1.29 is 0 Å². The van der Waals surface area contributed by atoms with Gasteiger partial charge in [-0.05, 0) is 23.3 Å². The second-order valence-corrected chi connectivity index (χ2v) is 3.57. The summed E-state index contributed by atoms with van der Waals surface area (Å²) in [6, 6.07) is 15.1. The largest absolute Gasteiger partial charge is 0.238 e. The van der Waals surface area contributed by atoms with Crippen LogP contribution in [-0.2, 0) is 0 Å². The molecule has 0 saturated heterocycles. The highest BCUT2D eigenvalue weighted by Crippen LogP contribution is 2.30. The van der Waals surface area contributed by atoms with Crippen LogP contribution < -0.4 is 0 Å². The van der Waals surface area contributed by atoms with Crippen LogP contribution in [0.1, 0.15) is 0 Å². The Morgan fingerprint density at radius 3 is 2.27 bits per heavy atom. The molecular formula is C13H8ClN. The molecule has 0 aliphatic rings. The fraction of sp³-hybridized carbons (Fsp3) is 0. The minimum atomic E-state index is 0.667. The summed E-state index contributed by atoms with van der Waals surface area (Å²) in [5.41, 5.74) is 2.63. The highest BCUT2D eigenvalue weighted by atomic mass is 35.5. The standard InChI is InChI=1S/C13H8ClN/c1-15-13-5-3-2-4-12(13)10-6-8-11(14)9-7-10/h2-9H. The van der Waals surface area contributed by atoms with E-state index in [0.717, 1.165) is 11.1 Å². The van der Waals surface area contributed by atoms with E-state index in [1.165, 1.54) is 0 Å². The van der Waals surface area contributed by atoms with Gasteiger partial charge < -0.3 is 0 Å². The van der Waals surface area contributed by atoms with Crippen LogP contribution in [0, 0.1) is 6.57 Å². The monoisotopic (exact) mass is 213 g/mol. The summed E-state index contributed by atoms with van der Waals surface area (Å²) in [6.07, 6.45) is 0. The molecule has 0 amide bonds. The van der Waals surface area contributed by atoms with Gasteiger partial charge in [-0.25, -0.2) is 4.85 Å². The van der Waals surface area contributed by atoms with E-state index in [2.05, 4.69) is 4.85 Å². The summed E-state index contributed by atoms with van der Waals surface area (Å²) in [4.78, 5) is 3.49. The first-order chi connectivity index (χ1) is 7.31. The maximum absolute atomic E-state index is 7.08. The third-order valence-electron chi connectivity index (χ3n) is 2.18. The summed E-state index contributed by atoms with van der Waals surface area (Å²) in [7, 11) is 0. The van der Waals surface area contributed by atoms with Crippen molar-refractivity contribution in [3.63, 3.8) is 0 Å². The molecule has 0 aliphatic carbocycles. The molecule has 0 aromatic heterocycles. The predicted molar refractivity (Wildman–Crippen MR) is 63.2 cm³/mol. The number of para-hydroxylation sites is 1. The Hall–Kier alpha value is -1.78. The van der Waals surface area contributed by atoms with Gasteiger partial charge in [0.05, 0.1) is 6.57 Å². The van der Waals surface area contributed by atoms with E-state index in [1.807, 2.05) is 48.5 Å². The van der Waals surface area contributed by atoms with Gasteiger partial charge >= 0.3 is 0 Å². The first-order valence-corrected chi connectivity index (χ1v) is 4.91. The molecule has 0 atom stereocenters. The summed E-state index contributed by atoms with van der Waals surface area (Å²) in [6.45, 7) is 7.08. The van der Waals surface area contributed by atoms with Gasteiger partial charge in [0, 0.05) is 5.02 Å². The molecule has 2 rings (SSSR count). The van der Waals surface area contributed by atoms with Gasteiger partial charge in [-0.15, -0.1) is 0 Å². The molecule has 0 spiro atoms. The van der Waals surface area contributed by atoms with E-state index >= 15 is 0 Å². The summed E-state index contributed by atoms with van der Waals surface area (Å²) in [5, 5.41) is 0.707. The Morgan fingerprint density at radius 1 is 0.933 bits per heavy atom. The molecule has 15 heavy (non-hydrogen) atoms. The molecule has 2 aromatic rings. The molecule has 0 unspecified atom stereocenters. The molecule has 72 valence electrons. The van der Waals surface area contributed by atoms with Crippen LogP contribution in [0.4, 0.5) is 5.69 Å². The molecule has 0 bridgehead atoms. The topological polar surface area (TPSA) is 4.36 Å². The summed E-state index contributed by atoms with van der Waals surface area (Å²) < 4.78 is 0. The fourth-order valence-electron chi connectivity index (χ4n) is 1.44. The minimum Gasteiger partial charge on any atom is -0.238 e. The van der Waals surface area contributed by atoms with Gasteiger partial charge in [0.25, 0.3) is 0 Å². The van der Waals surface area contributed by atoms with Crippen LogP contribution >= 0.6 is 11.6 Å². The highest BCUT2D eigenvalue weighted by Gasteiger charge is 2.02. The second-order valence-electron chi connectivity index (χ2n) is 3.14. The van der Waals surface area contributed by atoms with Gasteiger partial charge in [0.1, 0.15) is 0 Å². The maximum atomic E-state index is 7.08. The van der Waals surface area contributed by atoms with Crippen molar-refractivity contribution in [3.05, 3.63) is 65.0 Å². The molecule has 1 nitrogen and oxygen atoms in total. The zero-order valence-electron chi connectivity index (χ0n) is 7.94. The average molecular weight is 214 g/mol. The summed E-state index contributed by atoms with van der Waals surface area (Å²) in [5.74, 6) is 0. The van der Waals surface area contributed by atoms with E-state index in [0.29, 0.717) is 10.7 Å². The zero-order chi connectivity index (χ0) is 10.7. The van der Waals surface area contributed by atoms with Gasteiger partial charge in [-0.3, -0.25) is 0 Å². The molecule has 0 N–H and O–H groups in total. The predicted octanol–water partition coefficient (Wildman–Crippen LogP) is 4.56. The maximum Gasteiger partial charge on any atom is 0.194 e. The second kappa shape index (κ2) is 4.16. The molecule has 2 heteroatoms. The van der Waals surface area contributed by atoms with E-state index in [9.17, 15) is 0 Å². The van der Waals surface area contributed by atoms with Gasteiger partial charge in [-0.1, -0.05) is 48.0 Å². The van der Waals surface area contributed by atoms with Crippen LogP contribution in [0.5, 0.6) is 0 Å². The lowest BCUT2D eigenvalue weighted by Crippen LogP contribution is -1.76. The van der Waals surface area contributed by atoms with E-state index in [1.54, 1.807) is 0 Å². The normalized spacial score (nSPS) is 9.60. The third-order valence-corrected chi connectivity index (χ3v) is 2.43. The fourth-order valence-corrected chi connectivity index (χ4v) is 1.57. The zero-order valence-corrected chi connectivity index (χ0v) is 8.70. The smallest absolute Gasteiger partial charge is 0.194 e. The first kappa shape index (κ1) is 9.76. The summed E-state index contributed by atoms with van der Waals surface area (Å²) >= 11 is 5.81. The van der Waals surface area contributed by atoms with Crippen molar-refractivity contribution in [1.82, 2.24) is 0 Å². The van der Waals surface area contributed by atoms with Gasteiger partial charge in [0.15, 0.2) is 5.69 Å². The SMILES string of the molecule is [C-]#[N+]c1ccccc1-c1ccc(Cl)cc1. The quantitative estimate of drug-likeness (QED) is 0.612. The van der Waals surface area contributed by atoms with E-state index in [-0.39, 0.29) is 0 Å². The molecular weight excluding hydrogens is 206 g/mol.